The number of rotatable bonds is 0. The maximum absolute atomic E-state index is 9.65. The molecule has 92 valence electrons. The summed E-state index contributed by atoms with van der Waals surface area (Å²) in [5.41, 5.74) is 1.52. The Balaban J connectivity index is 2.31. The molecule has 0 fully saturated rings. The van der Waals surface area contributed by atoms with E-state index in [1.807, 2.05) is 36.4 Å². The zero-order valence-electron chi connectivity index (χ0n) is 9.85. The van der Waals surface area contributed by atoms with Crippen molar-refractivity contribution in [3.05, 3.63) is 53.6 Å². The van der Waals surface area contributed by atoms with E-state index in [1.54, 1.807) is 12.1 Å². The number of aromatic hydroxyl groups is 1. The van der Waals surface area contributed by atoms with Gasteiger partial charge < -0.3 is 9.52 Å². The molecular weight excluding hydrogens is 260 g/mol. The van der Waals surface area contributed by atoms with Gasteiger partial charge in [-0.1, -0.05) is 29.8 Å². The number of hydrogen-bond acceptors (Lipinski definition) is 2. The second kappa shape index (κ2) is 3.65. The zero-order chi connectivity index (χ0) is 13.0. The molecule has 19 heavy (non-hydrogen) atoms. The molecule has 0 unspecified atom stereocenters. The smallest absolute Gasteiger partial charge is 0.143 e. The molecule has 1 aromatic heterocycles. The number of fused-ring (bicyclic) bond motifs is 5. The minimum atomic E-state index is 0.228. The van der Waals surface area contributed by atoms with Gasteiger partial charge in [0.25, 0.3) is 0 Å². The standard InChI is InChI=1S/C16H9ClO2/c17-13-2-1-3-14-15(13)11-7-5-9-4-6-10(18)8-12(9)16(11)19-14/h1-8,18H. The number of furan rings is 1. The molecule has 0 saturated carbocycles. The van der Waals surface area contributed by atoms with Gasteiger partial charge in [-0.05, 0) is 35.7 Å². The average molecular weight is 269 g/mol. The quantitative estimate of drug-likeness (QED) is 0.481. The minimum Gasteiger partial charge on any atom is -0.508 e. The first kappa shape index (κ1) is 10.7. The summed E-state index contributed by atoms with van der Waals surface area (Å²) >= 11 is 6.25. The molecule has 0 saturated heterocycles. The van der Waals surface area contributed by atoms with E-state index in [-0.39, 0.29) is 5.75 Å². The summed E-state index contributed by atoms with van der Waals surface area (Å²) in [5, 5.41) is 14.1. The van der Waals surface area contributed by atoms with E-state index in [1.165, 1.54) is 0 Å². The Hall–Kier alpha value is -2.19. The minimum absolute atomic E-state index is 0.228. The number of phenolic OH excluding ortho intramolecular Hbond substituents is 1. The van der Waals surface area contributed by atoms with Crippen molar-refractivity contribution in [1.82, 2.24) is 0 Å². The molecule has 3 heteroatoms. The Morgan fingerprint density at radius 3 is 2.68 bits per heavy atom. The van der Waals surface area contributed by atoms with Gasteiger partial charge in [0.05, 0.1) is 5.02 Å². The normalized spacial score (nSPS) is 11.6. The van der Waals surface area contributed by atoms with Crippen molar-refractivity contribution in [2.75, 3.05) is 0 Å². The highest BCUT2D eigenvalue weighted by molar-refractivity contribution is 6.38. The van der Waals surface area contributed by atoms with Gasteiger partial charge in [-0.15, -0.1) is 0 Å². The molecule has 2 nitrogen and oxygen atoms in total. The maximum Gasteiger partial charge on any atom is 0.143 e. The van der Waals surface area contributed by atoms with Gasteiger partial charge in [0.1, 0.15) is 16.9 Å². The Labute approximate surface area is 113 Å². The van der Waals surface area contributed by atoms with E-state index >= 15 is 0 Å². The van der Waals surface area contributed by atoms with Crippen molar-refractivity contribution < 1.29 is 9.52 Å². The second-order valence-electron chi connectivity index (χ2n) is 4.56. The molecule has 0 spiro atoms. The third-order valence-electron chi connectivity index (χ3n) is 3.41. The summed E-state index contributed by atoms with van der Waals surface area (Å²) in [6.45, 7) is 0. The van der Waals surface area contributed by atoms with Gasteiger partial charge in [0, 0.05) is 16.2 Å². The first-order valence-electron chi connectivity index (χ1n) is 5.96. The van der Waals surface area contributed by atoms with Crippen LogP contribution in [-0.4, -0.2) is 5.11 Å². The summed E-state index contributed by atoms with van der Waals surface area (Å²) in [5.74, 6) is 0.228. The van der Waals surface area contributed by atoms with Crippen LogP contribution in [0.3, 0.4) is 0 Å². The Bertz CT molecular complexity index is 938. The number of phenols is 1. The van der Waals surface area contributed by atoms with Crippen molar-refractivity contribution in [2.24, 2.45) is 0 Å². The maximum atomic E-state index is 9.65. The van der Waals surface area contributed by atoms with Gasteiger partial charge in [-0.3, -0.25) is 0 Å². The van der Waals surface area contributed by atoms with Gasteiger partial charge in [0.2, 0.25) is 0 Å². The van der Waals surface area contributed by atoms with E-state index in [9.17, 15) is 5.11 Å². The SMILES string of the molecule is Oc1ccc2ccc3c(oc4cccc(Cl)c43)c2c1. The van der Waals surface area contributed by atoms with Crippen LogP contribution in [0.15, 0.2) is 52.9 Å². The Kier molecular flexibility index (Phi) is 2.06. The van der Waals surface area contributed by atoms with Crippen LogP contribution in [0.4, 0.5) is 0 Å². The highest BCUT2D eigenvalue weighted by Crippen LogP contribution is 2.38. The van der Waals surface area contributed by atoms with Gasteiger partial charge in [0.15, 0.2) is 0 Å². The van der Waals surface area contributed by atoms with Crippen LogP contribution in [0.25, 0.3) is 32.7 Å². The summed E-state index contributed by atoms with van der Waals surface area (Å²) < 4.78 is 5.91. The fourth-order valence-electron chi connectivity index (χ4n) is 2.55. The lowest BCUT2D eigenvalue weighted by Crippen LogP contribution is -1.74. The molecule has 0 bridgehead atoms. The molecule has 1 heterocycles. The van der Waals surface area contributed by atoms with Gasteiger partial charge >= 0.3 is 0 Å². The van der Waals surface area contributed by atoms with Crippen LogP contribution in [-0.2, 0) is 0 Å². The van der Waals surface area contributed by atoms with Crippen molar-refractivity contribution in [1.29, 1.82) is 0 Å². The number of benzene rings is 3. The van der Waals surface area contributed by atoms with E-state index in [0.29, 0.717) is 5.02 Å². The first-order valence-corrected chi connectivity index (χ1v) is 6.34. The van der Waals surface area contributed by atoms with Crippen LogP contribution in [0.1, 0.15) is 0 Å². The molecule has 0 aliphatic heterocycles. The van der Waals surface area contributed by atoms with Crippen molar-refractivity contribution in [2.45, 2.75) is 0 Å². The molecule has 0 aliphatic rings. The molecule has 0 amide bonds. The highest BCUT2D eigenvalue weighted by atomic mass is 35.5. The van der Waals surface area contributed by atoms with E-state index < -0.39 is 0 Å². The molecule has 4 aromatic rings. The lowest BCUT2D eigenvalue weighted by atomic mass is 10.1. The molecule has 0 aliphatic carbocycles. The van der Waals surface area contributed by atoms with Crippen LogP contribution >= 0.6 is 11.6 Å². The van der Waals surface area contributed by atoms with Crippen LogP contribution in [0.5, 0.6) is 5.75 Å². The van der Waals surface area contributed by atoms with Crippen LogP contribution in [0.2, 0.25) is 5.02 Å². The summed E-state index contributed by atoms with van der Waals surface area (Å²) in [6.07, 6.45) is 0. The zero-order valence-corrected chi connectivity index (χ0v) is 10.6. The molecule has 1 N–H and O–H groups in total. The number of hydrogen-bond donors (Lipinski definition) is 1. The lowest BCUT2D eigenvalue weighted by molar-refractivity contribution is 0.476. The fraction of sp³-hybridized carbons (Fsp3) is 0. The third-order valence-corrected chi connectivity index (χ3v) is 3.73. The fourth-order valence-corrected chi connectivity index (χ4v) is 2.82. The third kappa shape index (κ3) is 1.44. The first-order chi connectivity index (χ1) is 9.24. The second-order valence-corrected chi connectivity index (χ2v) is 4.97. The van der Waals surface area contributed by atoms with Crippen molar-refractivity contribution >= 4 is 44.3 Å². The number of halogens is 1. The molecule has 3 aromatic carbocycles. The molecular formula is C16H9ClO2. The van der Waals surface area contributed by atoms with E-state index in [4.69, 9.17) is 16.0 Å². The Morgan fingerprint density at radius 1 is 0.947 bits per heavy atom. The van der Waals surface area contributed by atoms with E-state index in [2.05, 4.69) is 0 Å². The summed E-state index contributed by atoms with van der Waals surface area (Å²) in [7, 11) is 0. The predicted molar refractivity (Wildman–Crippen MR) is 77.9 cm³/mol. The highest BCUT2D eigenvalue weighted by Gasteiger charge is 2.12. The topological polar surface area (TPSA) is 33.4 Å². The van der Waals surface area contributed by atoms with Crippen LogP contribution < -0.4 is 0 Å². The van der Waals surface area contributed by atoms with E-state index in [0.717, 1.165) is 32.7 Å². The molecule has 4 rings (SSSR count). The molecule has 0 atom stereocenters. The largest absolute Gasteiger partial charge is 0.508 e. The van der Waals surface area contributed by atoms with Gasteiger partial charge in [-0.2, -0.15) is 0 Å². The monoisotopic (exact) mass is 268 g/mol. The predicted octanol–water partition coefficient (Wildman–Crippen LogP) is 5.10. The Morgan fingerprint density at radius 2 is 1.79 bits per heavy atom. The van der Waals surface area contributed by atoms with Gasteiger partial charge in [-0.25, -0.2) is 0 Å². The lowest BCUT2D eigenvalue weighted by Gasteiger charge is -1.99. The summed E-state index contributed by atoms with van der Waals surface area (Å²) in [6, 6.07) is 14.9. The average Bonchev–Trinajstić information content (AvgIpc) is 2.79. The van der Waals surface area contributed by atoms with Crippen LogP contribution in [0, 0.1) is 0 Å². The molecule has 0 radical (unpaired) electrons. The summed E-state index contributed by atoms with van der Waals surface area (Å²) in [4.78, 5) is 0. The van der Waals surface area contributed by atoms with Crippen molar-refractivity contribution in [3.63, 3.8) is 0 Å². The van der Waals surface area contributed by atoms with Crippen molar-refractivity contribution in [3.8, 4) is 5.75 Å².